The van der Waals surface area contributed by atoms with Gasteiger partial charge in [0.2, 0.25) is 11.6 Å². The summed E-state index contributed by atoms with van der Waals surface area (Å²) in [5.41, 5.74) is 2.51. The van der Waals surface area contributed by atoms with Gasteiger partial charge < -0.3 is 14.1 Å². The molecule has 1 saturated heterocycles. The number of oxazole rings is 1. The molecule has 3 aromatic rings. The Morgan fingerprint density at radius 2 is 2.03 bits per heavy atom. The maximum absolute atomic E-state index is 12.9. The van der Waals surface area contributed by atoms with Gasteiger partial charge in [-0.05, 0) is 44.4 Å². The van der Waals surface area contributed by atoms with Crippen LogP contribution in [-0.2, 0) is 0 Å². The number of amides is 1. The highest BCUT2D eigenvalue weighted by molar-refractivity contribution is 5.92. The van der Waals surface area contributed by atoms with E-state index in [1.54, 1.807) is 26.2 Å². The fraction of sp³-hybridized carbons (Fsp3) is 0.364. The normalized spacial score (nSPS) is 16.7. The van der Waals surface area contributed by atoms with Crippen molar-refractivity contribution in [2.45, 2.75) is 39.5 Å². The predicted molar refractivity (Wildman–Crippen MR) is 107 cm³/mol. The van der Waals surface area contributed by atoms with E-state index < -0.39 is 0 Å². The fourth-order valence-corrected chi connectivity index (χ4v) is 3.74. The molecule has 3 heterocycles. The first-order chi connectivity index (χ1) is 14.0. The van der Waals surface area contributed by atoms with E-state index in [0.29, 0.717) is 36.3 Å². The van der Waals surface area contributed by atoms with Crippen molar-refractivity contribution >= 4 is 5.91 Å². The summed E-state index contributed by atoms with van der Waals surface area (Å²) in [5, 5.41) is 0. The Morgan fingerprint density at radius 1 is 1.21 bits per heavy atom. The number of benzene rings is 1. The van der Waals surface area contributed by atoms with Crippen molar-refractivity contribution in [3.8, 4) is 11.6 Å². The van der Waals surface area contributed by atoms with Crippen LogP contribution in [-0.4, -0.2) is 38.8 Å². The molecule has 1 aliphatic rings. The molecule has 0 radical (unpaired) electrons. The molecule has 0 aliphatic carbocycles. The van der Waals surface area contributed by atoms with Crippen molar-refractivity contribution in [3.63, 3.8) is 0 Å². The van der Waals surface area contributed by atoms with Crippen molar-refractivity contribution in [3.05, 3.63) is 65.3 Å². The lowest BCUT2D eigenvalue weighted by atomic mass is 9.94. The van der Waals surface area contributed by atoms with Gasteiger partial charge in [0.25, 0.3) is 5.91 Å². The zero-order valence-electron chi connectivity index (χ0n) is 16.9. The maximum atomic E-state index is 12.9. The van der Waals surface area contributed by atoms with Gasteiger partial charge in [0.1, 0.15) is 11.4 Å². The second kappa shape index (κ2) is 8.03. The van der Waals surface area contributed by atoms with Crippen LogP contribution in [0.4, 0.5) is 0 Å². The second-order valence-corrected chi connectivity index (χ2v) is 7.40. The largest absolute Gasteiger partial charge is 0.437 e. The minimum atomic E-state index is -0.127. The SMILES string of the molecule is Cc1cccc(Oc2nccnc2C2CCCN(C(=O)c3oc(C)nc3C)C2)c1. The van der Waals surface area contributed by atoms with Crippen molar-refractivity contribution < 1.29 is 13.9 Å². The summed E-state index contributed by atoms with van der Waals surface area (Å²) in [5.74, 6) is 1.96. The minimum Gasteiger partial charge on any atom is -0.437 e. The number of carbonyl (C=O) groups excluding carboxylic acids is 1. The first-order valence-electron chi connectivity index (χ1n) is 9.80. The molecule has 29 heavy (non-hydrogen) atoms. The van der Waals surface area contributed by atoms with Gasteiger partial charge in [0.15, 0.2) is 5.89 Å². The van der Waals surface area contributed by atoms with E-state index >= 15 is 0 Å². The Morgan fingerprint density at radius 3 is 2.79 bits per heavy atom. The van der Waals surface area contributed by atoms with Crippen LogP contribution in [0.5, 0.6) is 11.6 Å². The summed E-state index contributed by atoms with van der Waals surface area (Å²) in [4.78, 5) is 27.9. The number of aryl methyl sites for hydroxylation is 3. The Labute approximate surface area is 169 Å². The van der Waals surface area contributed by atoms with Gasteiger partial charge in [0.05, 0.1) is 5.69 Å². The number of hydrogen-bond donors (Lipinski definition) is 0. The van der Waals surface area contributed by atoms with E-state index in [-0.39, 0.29) is 11.8 Å². The molecule has 1 aliphatic heterocycles. The van der Waals surface area contributed by atoms with E-state index in [1.807, 2.05) is 36.1 Å². The standard InChI is InChI=1S/C22H24N4O3/c1-14-6-4-8-18(12-14)29-21-19(23-9-10-24-21)17-7-5-11-26(13-17)22(27)20-15(2)25-16(3)28-20/h4,6,8-10,12,17H,5,7,11,13H2,1-3H3. The maximum Gasteiger partial charge on any atom is 0.291 e. The van der Waals surface area contributed by atoms with Crippen LogP contribution in [0, 0.1) is 20.8 Å². The van der Waals surface area contributed by atoms with Crippen LogP contribution in [0.15, 0.2) is 41.1 Å². The summed E-state index contributed by atoms with van der Waals surface area (Å²) in [6.45, 7) is 6.78. The average molecular weight is 392 g/mol. The Hall–Kier alpha value is -3.22. The van der Waals surface area contributed by atoms with Crippen molar-refractivity contribution in [1.29, 1.82) is 0 Å². The molecule has 1 fully saturated rings. The van der Waals surface area contributed by atoms with Gasteiger partial charge >= 0.3 is 0 Å². The summed E-state index contributed by atoms with van der Waals surface area (Å²) < 4.78 is 11.6. The lowest BCUT2D eigenvalue weighted by molar-refractivity contribution is 0.0670. The van der Waals surface area contributed by atoms with Gasteiger partial charge in [-0.1, -0.05) is 12.1 Å². The monoisotopic (exact) mass is 392 g/mol. The molecule has 0 bridgehead atoms. The van der Waals surface area contributed by atoms with Gasteiger partial charge in [-0.3, -0.25) is 9.78 Å². The number of ether oxygens (including phenoxy) is 1. The van der Waals surface area contributed by atoms with E-state index in [4.69, 9.17) is 9.15 Å². The number of nitrogens with zero attached hydrogens (tertiary/aromatic N) is 4. The number of likely N-dealkylation sites (tertiary alicyclic amines) is 1. The minimum absolute atomic E-state index is 0.0468. The van der Waals surface area contributed by atoms with E-state index in [2.05, 4.69) is 15.0 Å². The van der Waals surface area contributed by atoms with Gasteiger partial charge in [-0.2, -0.15) is 0 Å². The zero-order valence-corrected chi connectivity index (χ0v) is 16.9. The quantitative estimate of drug-likeness (QED) is 0.662. The first kappa shape index (κ1) is 19.1. The number of hydrogen-bond acceptors (Lipinski definition) is 6. The highest BCUT2D eigenvalue weighted by atomic mass is 16.5. The highest BCUT2D eigenvalue weighted by Crippen LogP contribution is 2.33. The van der Waals surface area contributed by atoms with Gasteiger partial charge in [-0.25, -0.2) is 9.97 Å². The van der Waals surface area contributed by atoms with Crippen molar-refractivity contribution in [2.75, 3.05) is 13.1 Å². The van der Waals surface area contributed by atoms with Gasteiger partial charge in [0, 0.05) is 38.3 Å². The molecule has 0 saturated carbocycles. The molecule has 1 amide bonds. The lowest BCUT2D eigenvalue weighted by Crippen LogP contribution is -2.39. The summed E-state index contributed by atoms with van der Waals surface area (Å²) >= 11 is 0. The lowest BCUT2D eigenvalue weighted by Gasteiger charge is -2.32. The Kier molecular flexibility index (Phi) is 5.29. The van der Waals surface area contributed by atoms with Crippen LogP contribution in [0.3, 0.4) is 0 Å². The number of piperidine rings is 1. The fourth-order valence-electron chi connectivity index (χ4n) is 3.74. The van der Waals surface area contributed by atoms with Crippen LogP contribution in [0.2, 0.25) is 0 Å². The molecular weight excluding hydrogens is 368 g/mol. The molecule has 0 spiro atoms. The smallest absolute Gasteiger partial charge is 0.291 e. The van der Waals surface area contributed by atoms with Crippen LogP contribution in [0.25, 0.3) is 0 Å². The number of carbonyl (C=O) groups is 1. The Balaban J connectivity index is 1.56. The number of aromatic nitrogens is 3. The zero-order chi connectivity index (χ0) is 20.4. The molecule has 1 atom stereocenters. The van der Waals surface area contributed by atoms with Gasteiger partial charge in [-0.15, -0.1) is 0 Å². The molecule has 7 nitrogen and oxygen atoms in total. The molecule has 1 aromatic carbocycles. The third-order valence-corrected chi connectivity index (χ3v) is 5.09. The van der Waals surface area contributed by atoms with Crippen LogP contribution >= 0.6 is 0 Å². The van der Waals surface area contributed by atoms with Crippen LogP contribution in [0.1, 0.15) is 52.2 Å². The first-order valence-corrected chi connectivity index (χ1v) is 9.80. The van der Waals surface area contributed by atoms with E-state index in [1.165, 1.54) is 0 Å². The Bertz CT molecular complexity index is 1030. The third-order valence-electron chi connectivity index (χ3n) is 5.09. The summed E-state index contributed by atoms with van der Waals surface area (Å²) in [6.07, 6.45) is 5.09. The van der Waals surface area contributed by atoms with E-state index in [9.17, 15) is 4.79 Å². The molecular formula is C22H24N4O3. The summed E-state index contributed by atoms with van der Waals surface area (Å²) in [6, 6.07) is 7.83. The van der Waals surface area contributed by atoms with Crippen molar-refractivity contribution in [2.24, 2.45) is 0 Å². The highest BCUT2D eigenvalue weighted by Gasteiger charge is 2.31. The molecule has 2 aromatic heterocycles. The second-order valence-electron chi connectivity index (χ2n) is 7.40. The van der Waals surface area contributed by atoms with Crippen molar-refractivity contribution in [1.82, 2.24) is 19.9 Å². The molecule has 150 valence electrons. The predicted octanol–water partition coefficient (Wildman–Crippen LogP) is 4.20. The molecule has 7 heteroatoms. The molecule has 1 unspecified atom stereocenters. The topological polar surface area (TPSA) is 81.4 Å². The molecule has 4 rings (SSSR count). The number of rotatable bonds is 4. The average Bonchev–Trinajstić information content (AvgIpc) is 3.06. The summed E-state index contributed by atoms with van der Waals surface area (Å²) in [7, 11) is 0. The van der Waals surface area contributed by atoms with E-state index in [0.717, 1.165) is 29.8 Å². The third kappa shape index (κ3) is 4.13. The molecule has 0 N–H and O–H groups in total. The van der Waals surface area contributed by atoms with Crippen LogP contribution < -0.4 is 4.74 Å².